The average Bonchev–Trinajstić information content (AvgIpc) is 3.03. The first-order valence-electron chi connectivity index (χ1n) is 6.68. The molecule has 0 bridgehead atoms. The minimum atomic E-state index is -0.229. The fourth-order valence-corrected chi connectivity index (χ4v) is 2.49. The van der Waals surface area contributed by atoms with Crippen molar-refractivity contribution >= 4 is 34.2 Å². The van der Waals surface area contributed by atoms with Crippen molar-refractivity contribution in [3.8, 4) is 0 Å². The van der Waals surface area contributed by atoms with E-state index < -0.39 is 0 Å². The number of nitrogens with one attached hydrogen (secondary N) is 2. The quantitative estimate of drug-likeness (QED) is 0.772. The summed E-state index contributed by atoms with van der Waals surface area (Å²) in [5.41, 5.74) is 1.40. The molecule has 2 N–H and O–H groups in total. The van der Waals surface area contributed by atoms with Crippen LogP contribution in [-0.4, -0.2) is 20.7 Å². The monoisotopic (exact) mass is 302 g/mol. The number of anilines is 1. The molecule has 0 unspecified atom stereocenters. The van der Waals surface area contributed by atoms with E-state index in [0.717, 1.165) is 10.9 Å². The molecule has 3 aromatic rings. The maximum Gasteiger partial charge on any atom is 0.273 e. The topological polar surface area (TPSA) is 62.7 Å². The highest BCUT2D eigenvalue weighted by Gasteiger charge is 2.17. The Bertz CT molecular complexity index is 803. The van der Waals surface area contributed by atoms with Gasteiger partial charge in [0.1, 0.15) is 5.69 Å². The number of nitrogens with zero attached hydrogens (tertiary/aromatic N) is 2. The zero-order valence-corrected chi connectivity index (χ0v) is 12.5. The third-order valence-electron chi connectivity index (χ3n) is 3.31. The second-order valence-electron chi connectivity index (χ2n) is 5.12. The summed E-state index contributed by atoms with van der Waals surface area (Å²) >= 11 is 6.01. The maximum absolute atomic E-state index is 12.4. The van der Waals surface area contributed by atoms with Gasteiger partial charge in [0.15, 0.2) is 5.82 Å². The Hall–Kier alpha value is -2.27. The van der Waals surface area contributed by atoms with E-state index in [9.17, 15) is 4.79 Å². The minimum Gasteiger partial charge on any atom is -0.339 e. The van der Waals surface area contributed by atoms with Crippen molar-refractivity contribution < 1.29 is 4.79 Å². The normalized spacial score (nSPS) is 11.2. The smallest absolute Gasteiger partial charge is 0.273 e. The predicted molar refractivity (Wildman–Crippen MR) is 83.9 cm³/mol. The molecule has 2 heterocycles. The average molecular weight is 303 g/mol. The van der Waals surface area contributed by atoms with E-state index in [1.807, 2.05) is 42.7 Å². The maximum atomic E-state index is 12.4. The third kappa shape index (κ3) is 2.52. The zero-order valence-electron chi connectivity index (χ0n) is 11.7. The molecule has 108 valence electrons. The largest absolute Gasteiger partial charge is 0.339 e. The number of hydrogen-bond acceptors (Lipinski definition) is 2. The van der Waals surface area contributed by atoms with Crippen LogP contribution in [0.25, 0.3) is 10.9 Å². The van der Waals surface area contributed by atoms with Gasteiger partial charge in [0.2, 0.25) is 0 Å². The SMILES string of the molecule is CC(C)n1cc(Cl)cc1C(=O)Nc1n[nH]c2ccccc12. The summed E-state index contributed by atoms with van der Waals surface area (Å²) in [5.74, 6) is 0.288. The van der Waals surface area contributed by atoms with Gasteiger partial charge in [0.05, 0.1) is 10.5 Å². The first-order valence-corrected chi connectivity index (χ1v) is 7.06. The Morgan fingerprint density at radius 3 is 2.90 bits per heavy atom. The molecule has 1 amide bonds. The molecule has 0 aliphatic heterocycles. The molecule has 6 heteroatoms. The van der Waals surface area contributed by atoms with Crippen molar-refractivity contribution in [3.05, 3.63) is 47.2 Å². The van der Waals surface area contributed by atoms with Gasteiger partial charge >= 0.3 is 0 Å². The number of H-pyrrole nitrogens is 1. The molecule has 0 saturated heterocycles. The summed E-state index contributed by atoms with van der Waals surface area (Å²) in [7, 11) is 0. The Kier molecular flexibility index (Phi) is 3.43. The Morgan fingerprint density at radius 1 is 1.38 bits per heavy atom. The summed E-state index contributed by atoms with van der Waals surface area (Å²) in [6.07, 6.45) is 1.75. The molecule has 21 heavy (non-hydrogen) atoms. The summed E-state index contributed by atoms with van der Waals surface area (Å²) in [6, 6.07) is 9.44. The molecule has 0 saturated carbocycles. The third-order valence-corrected chi connectivity index (χ3v) is 3.51. The van der Waals surface area contributed by atoms with Gasteiger partial charge in [0, 0.05) is 17.6 Å². The Labute approximate surface area is 126 Å². The van der Waals surface area contributed by atoms with Gasteiger partial charge in [-0.25, -0.2) is 0 Å². The van der Waals surface area contributed by atoms with Crippen LogP contribution in [0.15, 0.2) is 36.5 Å². The summed E-state index contributed by atoms with van der Waals surface area (Å²) in [4.78, 5) is 12.4. The molecule has 5 nitrogen and oxygen atoms in total. The van der Waals surface area contributed by atoms with Crippen molar-refractivity contribution in [1.82, 2.24) is 14.8 Å². The van der Waals surface area contributed by atoms with Crippen molar-refractivity contribution in [2.45, 2.75) is 19.9 Å². The number of carbonyl (C=O) groups excluding carboxylic acids is 1. The molecule has 0 radical (unpaired) electrons. The number of aromatic amines is 1. The molecule has 0 aliphatic carbocycles. The second kappa shape index (κ2) is 5.26. The summed E-state index contributed by atoms with van der Waals surface area (Å²) in [5, 5.41) is 11.3. The van der Waals surface area contributed by atoms with Gasteiger partial charge in [-0.05, 0) is 32.0 Å². The van der Waals surface area contributed by atoms with Gasteiger partial charge < -0.3 is 9.88 Å². The number of para-hydroxylation sites is 1. The van der Waals surface area contributed by atoms with Crippen LogP contribution >= 0.6 is 11.6 Å². The van der Waals surface area contributed by atoms with Gasteiger partial charge in [-0.1, -0.05) is 23.7 Å². The van der Waals surface area contributed by atoms with Crippen LogP contribution in [0.4, 0.5) is 5.82 Å². The van der Waals surface area contributed by atoms with E-state index in [0.29, 0.717) is 16.5 Å². The molecule has 0 fully saturated rings. The molecular weight excluding hydrogens is 288 g/mol. The highest BCUT2D eigenvalue weighted by Crippen LogP contribution is 2.23. The standard InChI is InChI=1S/C15H15ClN4O/c1-9(2)20-8-10(16)7-13(20)15(21)17-14-11-5-3-4-6-12(11)18-19-14/h3-9H,1-2H3,(H2,17,18,19,21). The molecule has 2 aromatic heterocycles. The van der Waals surface area contributed by atoms with E-state index in [1.54, 1.807) is 12.3 Å². The van der Waals surface area contributed by atoms with E-state index in [2.05, 4.69) is 15.5 Å². The van der Waals surface area contributed by atoms with Crippen LogP contribution in [0.2, 0.25) is 5.02 Å². The van der Waals surface area contributed by atoms with Crippen molar-refractivity contribution in [2.24, 2.45) is 0 Å². The van der Waals surface area contributed by atoms with E-state index >= 15 is 0 Å². The van der Waals surface area contributed by atoms with E-state index in [-0.39, 0.29) is 11.9 Å². The van der Waals surface area contributed by atoms with E-state index in [4.69, 9.17) is 11.6 Å². The molecular formula is C15H15ClN4O. The first-order chi connectivity index (χ1) is 10.1. The summed E-state index contributed by atoms with van der Waals surface area (Å²) < 4.78 is 1.84. The van der Waals surface area contributed by atoms with Crippen LogP contribution in [0.5, 0.6) is 0 Å². The highest BCUT2D eigenvalue weighted by molar-refractivity contribution is 6.31. The molecule has 1 aromatic carbocycles. The van der Waals surface area contributed by atoms with Crippen LogP contribution in [-0.2, 0) is 0 Å². The molecule has 0 aliphatic rings. The molecule has 0 spiro atoms. The molecule has 3 rings (SSSR count). The van der Waals surface area contributed by atoms with Crippen LogP contribution in [0.1, 0.15) is 30.4 Å². The number of rotatable bonds is 3. The van der Waals surface area contributed by atoms with Gasteiger partial charge in [-0.3, -0.25) is 9.89 Å². The van der Waals surface area contributed by atoms with Crippen molar-refractivity contribution in [2.75, 3.05) is 5.32 Å². The fourth-order valence-electron chi connectivity index (χ4n) is 2.29. The molecule has 0 atom stereocenters. The highest BCUT2D eigenvalue weighted by atomic mass is 35.5. The first kappa shape index (κ1) is 13.7. The van der Waals surface area contributed by atoms with Crippen molar-refractivity contribution in [3.63, 3.8) is 0 Å². The second-order valence-corrected chi connectivity index (χ2v) is 5.55. The number of hydrogen-bond donors (Lipinski definition) is 2. The zero-order chi connectivity index (χ0) is 15.0. The van der Waals surface area contributed by atoms with Gasteiger partial charge in [-0.15, -0.1) is 0 Å². The number of fused-ring (bicyclic) bond motifs is 1. The van der Waals surface area contributed by atoms with E-state index in [1.165, 1.54) is 0 Å². The van der Waals surface area contributed by atoms with Gasteiger partial charge in [0.25, 0.3) is 5.91 Å². The predicted octanol–water partition coefficient (Wildman–Crippen LogP) is 3.85. The lowest BCUT2D eigenvalue weighted by Gasteiger charge is -2.12. The van der Waals surface area contributed by atoms with Crippen LogP contribution < -0.4 is 5.32 Å². The number of carbonyl (C=O) groups is 1. The lowest BCUT2D eigenvalue weighted by Crippen LogP contribution is -2.18. The Balaban J connectivity index is 1.93. The number of aromatic nitrogens is 3. The lowest BCUT2D eigenvalue weighted by atomic mass is 10.2. The lowest BCUT2D eigenvalue weighted by molar-refractivity contribution is 0.101. The summed E-state index contributed by atoms with van der Waals surface area (Å²) in [6.45, 7) is 3.99. The fraction of sp³-hybridized carbons (Fsp3) is 0.200. The minimum absolute atomic E-state index is 0.147. The Morgan fingerprint density at radius 2 is 2.14 bits per heavy atom. The van der Waals surface area contributed by atoms with Crippen LogP contribution in [0.3, 0.4) is 0 Å². The number of halogens is 1. The van der Waals surface area contributed by atoms with Crippen LogP contribution in [0, 0.1) is 0 Å². The van der Waals surface area contributed by atoms with Crippen molar-refractivity contribution in [1.29, 1.82) is 0 Å². The number of amides is 1. The number of benzene rings is 1. The van der Waals surface area contributed by atoms with Gasteiger partial charge in [-0.2, -0.15) is 5.10 Å².